The Balaban J connectivity index is 2.17. The Morgan fingerprint density at radius 3 is 2.83 bits per heavy atom. The van der Waals surface area contributed by atoms with Crippen LogP contribution in [-0.4, -0.2) is 24.1 Å². The van der Waals surface area contributed by atoms with E-state index in [0.29, 0.717) is 6.54 Å². The van der Waals surface area contributed by atoms with Crippen LogP contribution in [0.3, 0.4) is 0 Å². The zero-order valence-electron chi connectivity index (χ0n) is 10.3. The molecular weight excluding hydrogens is 296 g/mol. The first-order valence-corrected chi connectivity index (χ1v) is 6.80. The minimum absolute atomic E-state index is 0.0617. The van der Waals surface area contributed by atoms with Crippen molar-refractivity contribution in [3.8, 4) is 0 Å². The number of hydrogen-bond donors (Lipinski definition) is 2. The quantitative estimate of drug-likeness (QED) is 0.894. The van der Waals surface area contributed by atoms with E-state index < -0.39 is 6.10 Å². The highest BCUT2D eigenvalue weighted by Gasteiger charge is 2.27. The highest BCUT2D eigenvalue weighted by Crippen LogP contribution is 2.32. The molecule has 3 N–H and O–H groups in total. The van der Waals surface area contributed by atoms with E-state index in [1.54, 1.807) is 6.92 Å². The van der Waals surface area contributed by atoms with Gasteiger partial charge in [0.25, 0.3) is 0 Å². The minimum atomic E-state index is -0.479. The van der Waals surface area contributed by atoms with Gasteiger partial charge in [-0.2, -0.15) is 0 Å². The number of aliphatic hydroxyl groups excluding tert-OH is 1. The lowest BCUT2D eigenvalue weighted by Crippen LogP contribution is -2.27. The lowest BCUT2D eigenvalue weighted by molar-refractivity contribution is -0.121. The molecule has 1 aliphatic heterocycles. The summed E-state index contributed by atoms with van der Waals surface area (Å²) in [5.74, 6) is -0.289. The van der Waals surface area contributed by atoms with Gasteiger partial charge in [0.05, 0.1) is 17.7 Å². The molecule has 5 heteroatoms. The van der Waals surface area contributed by atoms with Gasteiger partial charge in [-0.05, 0) is 47.0 Å². The maximum Gasteiger partial charge on any atom is 0.222 e. The number of aliphatic hydroxyl groups is 1. The van der Waals surface area contributed by atoms with Crippen molar-refractivity contribution in [2.24, 2.45) is 11.7 Å². The maximum atomic E-state index is 11.2. The molecule has 0 aromatic heterocycles. The third-order valence-electron chi connectivity index (χ3n) is 3.39. The summed E-state index contributed by atoms with van der Waals surface area (Å²) < 4.78 is 0.936. The number of hydrogen-bond acceptors (Lipinski definition) is 3. The summed E-state index contributed by atoms with van der Waals surface area (Å²) in [7, 11) is 0. The predicted molar refractivity (Wildman–Crippen MR) is 74.3 cm³/mol. The molecular formula is C13H17BrN2O2. The Morgan fingerprint density at radius 2 is 2.33 bits per heavy atom. The molecule has 0 spiro atoms. The highest BCUT2D eigenvalue weighted by molar-refractivity contribution is 9.10. The maximum absolute atomic E-state index is 11.2. The summed E-state index contributed by atoms with van der Waals surface area (Å²) in [5.41, 5.74) is 7.25. The van der Waals surface area contributed by atoms with E-state index >= 15 is 0 Å². The van der Waals surface area contributed by atoms with Crippen LogP contribution < -0.4 is 10.6 Å². The van der Waals surface area contributed by atoms with E-state index in [-0.39, 0.29) is 11.8 Å². The van der Waals surface area contributed by atoms with Crippen molar-refractivity contribution in [1.29, 1.82) is 0 Å². The smallest absolute Gasteiger partial charge is 0.222 e. The molecule has 0 saturated carbocycles. The molecule has 0 radical (unpaired) electrons. The van der Waals surface area contributed by atoms with Gasteiger partial charge >= 0.3 is 0 Å². The Hall–Kier alpha value is -1.07. The van der Waals surface area contributed by atoms with Crippen LogP contribution in [0.15, 0.2) is 22.7 Å². The third kappa shape index (κ3) is 2.67. The third-order valence-corrected chi connectivity index (χ3v) is 4.02. The number of primary amides is 1. The number of halogens is 1. The van der Waals surface area contributed by atoms with Crippen LogP contribution >= 0.6 is 15.9 Å². The first-order valence-electron chi connectivity index (χ1n) is 6.01. The molecule has 2 unspecified atom stereocenters. The van der Waals surface area contributed by atoms with Crippen LogP contribution in [0.4, 0.5) is 5.69 Å². The van der Waals surface area contributed by atoms with Crippen molar-refractivity contribution in [2.75, 3.05) is 18.0 Å². The highest BCUT2D eigenvalue weighted by atomic mass is 79.9. The molecule has 1 saturated heterocycles. The fraction of sp³-hybridized carbons (Fsp3) is 0.462. The van der Waals surface area contributed by atoms with Gasteiger partial charge in [0.1, 0.15) is 0 Å². The van der Waals surface area contributed by atoms with E-state index in [4.69, 9.17) is 5.73 Å². The Bertz CT molecular complexity index is 462. The number of carbonyl (C=O) groups excluding carboxylic acids is 1. The number of rotatable bonds is 3. The fourth-order valence-corrected chi connectivity index (χ4v) is 2.90. The molecule has 0 aliphatic carbocycles. The molecule has 98 valence electrons. The van der Waals surface area contributed by atoms with Crippen molar-refractivity contribution in [1.82, 2.24) is 0 Å². The van der Waals surface area contributed by atoms with Crippen LogP contribution in [0.1, 0.15) is 25.0 Å². The van der Waals surface area contributed by atoms with E-state index in [9.17, 15) is 9.90 Å². The van der Waals surface area contributed by atoms with Crippen LogP contribution in [0.25, 0.3) is 0 Å². The van der Waals surface area contributed by atoms with E-state index in [2.05, 4.69) is 20.8 Å². The molecule has 1 aliphatic rings. The SMILES string of the molecule is CC(O)c1ccc(N2CCC(C(N)=O)C2)c(Br)c1. The second-order valence-corrected chi connectivity index (χ2v) is 5.58. The second-order valence-electron chi connectivity index (χ2n) is 4.72. The average molecular weight is 313 g/mol. The number of amides is 1. The van der Waals surface area contributed by atoms with E-state index in [1.165, 1.54) is 0 Å². The summed E-state index contributed by atoms with van der Waals surface area (Å²) in [5, 5.41) is 9.52. The zero-order chi connectivity index (χ0) is 13.3. The summed E-state index contributed by atoms with van der Waals surface area (Å²) >= 11 is 3.51. The Kier molecular flexibility index (Phi) is 3.92. The molecule has 1 amide bonds. The lowest BCUT2D eigenvalue weighted by Gasteiger charge is -2.20. The van der Waals surface area contributed by atoms with Gasteiger partial charge in [0.2, 0.25) is 5.91 Å². The molecule has 18 heavy (non-hydrogen) atoms. The first-order chi connectivity index (χ1) is 8.49. The number of nitrogens with zero attached hydrogens (tertiary/aromatic N) is 1. The van der Waals surface area contributed by atoms with Crippen LogP contribution in [0.5, 0.6) is 0 Å². The van der Waals surface area contributed by atoms with Crippen molar-refractivity contribution >= 4 is 27.5 Å². The first kappa shape index (κ1) is 13.4. The van der Waals surface area contributed by atoms with Gasteiger partial charge < -0.3 is 15.7 Å². The Labute approximate surface area is 115 Å². The monoisotopic (exact) mass is 312 g/mol. The fourth-order valence-electron chi connectivity index (χ4n) is 2.25. The predicted octanol–water partition coefficient (Wildman–Crippen LogP) is 1.81. The van der Waals surface area contributed by atoms with Gasteiger partial charge in [-0.25, -0.2) is 0 Å². The van der Waals surface area contributed by atoms with E-state index in [1.807, 2.05) is 18.2 Å². The van der Waals surface area contributed by atoms with Gasteiger partial charge in [-0.3, -0.25) is 4.79 Å². The van der Waals surface area contributed by atoms with Crippen LogP contribution in [0, 0.1) is 5.92 Å². The summed E-state index contributed by atoms with van der Waals surface area (Å²) in [6, 6.07) is 5.79. The molecule has 2 rings (SSSR count). The minimum Gasteiger partial charge on any atom is -0.389 e. The lowest BCUT2D eigenvalue weighted by atomic mass is 10.1. The Morgan fingerprint density at radius 1 is 1.61 bits per heavy atom. The molecule has 1 aromatic rings. The topological polar surface area (TPSA) is 66.6 Å². The van der Waals surface area contributed by atoms with Gasteiger partial charge in [-0.1, -0.05) is 6.07 Å². The van der Waals surface area contributed by atoms with Gasteiger partial charge in [-0.15, -0.1) is 0 Å². The number of nitrogens with two attached hydrogens (primary N) is 1. The van der Waals surface area contributed by atoms with Crippen LogP contribution in [-0.2, 0) is 4.79 Å². The van der Waals surface area contributed by atoms with Gasteiger partial charge in [0.15, 0.2) is 0 Å². The number of carbonyl (C=O) groups is 1. The van der Waals surface area contributed by atoms with E-state index in [0.717, 1.165) is 28.7 Å². The zero-order valence-corrected chi connectivity index (χ0v) is 11.9. The molecule has 0 bridgehead atoms. The van der Waals surface area contributed by atoms with Gasteiger partial charge in [0, 0.05) is 17.6 Å². The molecule has 1 heterocycles. The van der Waals surface area contributed by atoms with Crippen molar-refractivity contribution < 1.29 is 9.90 Å². The molecule has 2 atom stereocenters. The normalized spacial score (nSPS) is 21.1. The average Bonchev–Trinajstić information content (AvgIpc) is 2.78. The van der Waals surface area contributed by atoms with Crippen molar-refractivity contribution in [3.05, 3.63) is 28.2 Å². The molecule has 1 aromatic carbocycles. The molecule has 1 fully saturated rings. The summed E-state index contributed by atoms with van der Waals surface area (Å²) in [4.78, 5) is 13.3. The molecule has 4 nitrogen and oxygen atoms in total. The summed E-state index contributed by atoms with van der Waals surface area (Å²) in [6.45, 7) is 3.24. The van der Waals surface area contributed by atoms with Crippen molar-refractivity contribution in [2.45, 2.75) is 19.4 Å². The van der Waals surface area contributed by atoms with Crippen LogP contribution in [0.2, 0.25) is 0 Å². The largest absolute Gasteiger partial charge is 0.389 e. The number of anilines is 1. The summed E-state index contributed by atoms with van der Waals surface area (Å²) in [6.07, 6.45) is 0.326. The standard InChI is InChI=1S/C13H17BrN2O2/c1-8(17)9-2-3-12(11(14)6-9)16-5-4-10(7-16)13(15)18/h2-3,6,8,10,17H,4-5,7H2,1H3,(H2,15,18). The van der Waals surface area contributed by atoms with Crippen molar-refractivity contribution in [3.63, 3.8) is 0 Å². The second kappa shape index (κ2) is 5.28. The number of benzene rings is 1.